The lowest BCUT2D eigenvalue weighted by molar-refractivity contribution is 0.281. The molecule has 1 aromatic carbocycles. The van der Waals surface area contributed by atoms with E-state index in [1.165, 1.54) is 5.69 Å². The molecular formula is C16H26BrNO. The summed E-state index contributed by atoms with van der Waals surface area (Å²) >= 11 is 3.55. The maximum Gasteiger partial charge on any atom is 0.0692 e. The highest BCUT2D eigenvalue weighted by Crippen LogP contribution is 2.27. The van der Waals surface area contributed by atoms with E-state index in [0.717, 1.165) is 29.4 Å². The maximum absolute atomic E-state index is 9.25. The van der Waals surface area contributed by atoms with Crippen LogP contribution < -0.4 is 4.90 Å². The third kappa shape index (κ3) is 4.50. The Morgan fingerprint density at radius 2 is 1.84 bits per heavy atom. The van der Waals surface area contributed by atoms with Crippen LogP contribution in [0.3, 0.4) is 0 Å². The Hall–Kier alpha value is -0.540. The molecule has 0 aliphatic carbocycles. The van der Waals surface area contributed by atoms with Gasteiger partial charge in [0.25, 0.3) is 0 Å². The van der Waals surface area contributed by atoms with Gasteiger partial charge in [-0.1, -0.05) is 49.7 Å². The van der Waals surface area contributed by atoms with Gasteiger partial charge in [0, 0.05) is 22.7 Å². The zero-order chi connectivity index (χ0) is 14.4. The van der Waals surface area contributed by atoms with Crippen molar-refractivity contribution in [1.82, 2.24) is 0 Å². The average molecular weight is 328 g/mol. The van der Waals surface area contributed by atoms with Crippen molar-refractivity contribution in [3.05, 3.63) is 28.2 Å². The lowest BCUT2D eigenvalue weighted by Gasteiger charge is -2.34. The highest BCUT2D eigenvalue weighted by Gasteiger charge is 2.17. The molecular weight excluding hydrogens is 302 g/mol. The molecule has 0 heterocycles. The number of aliphatic hydroxyl groups excluding tert-OH is 1. The Labute approximate surface area is 126 Å². The highest BCUT2D eigenvalue weighted by atomic mass is 79.9. The molecule has 0 aliphatic rings. The molecule has 0 aromatic heterocycles. The summed E-state index contributed by atoms with van der Waals surface area (Å²) in [4.78, 5) is 2.50. The predicted octanol–water partition coefficient (Wildman–Crippen LogP) is 4.59. The molecule has 0 aliphatic heterocycles. The monoisotopic (exact) mass is 327 g/mol. The minimum atomic E-state index is 0.0794. The summed E-state index contributed by atoms with van der Waals surface area (Å²) in [6.07, 6.45) is 2.31. The number of hydrogen-bond donors (Lipinski definition) is 1. The minimum Gasteiger partial charge on any atom is -0.392 e. The first-order chi connectivity index (χ1) is 9.03. The predicted molar refractivity (Wildman–Crippen MR) is 86.6 cm³/mol. The van der Waals surface area contributed by atoms with E-state index in [0.29, 0.717) is 12.0 Å². The van der Waals surface area contributed by atoms with Gasteiger partial charge in [-0.3, -0.25) is 0 Å². The van der Waals surface area contributed by atoms with Crippen molar-refractivity contribution in [3.8, 4) is 0 Å². The number of aliphatic hydroxyl groups is 1. The van der Waals surface area contributed by atoms with E-state index in [2.05, 4.69) is 60.7 Å². The van der Waals surface area contributed by atoms with Gasteiger partial charge in [-0.25, -0.2) is 0 Å². The molecule has 0 amide bonds. The van der Waals surface area contributed by atoms with E-state index in [1.807, 2.05) is 6.07 Å². The molecule has 19 heavy (non-hydrogen) atoms. The molecule has 3 heteroatoms. The van der Waals surface area contributed by atoms with E-state index in [9.17, 15) is 5.11 Å². The Morgan fingerprint density at radius 1 is 1.21 bits per heavy atom. The van der Waals surface area contributed by atoms with E-state index < -0.39 is 0 Å². The molecule has 1 aromatic rings. The molecule has 0 spiro atoms. The molecule has 0 unspecified atom stereocenters. The smallest absolute Gasteiger partial charge is 0.0692 e. The lowest BCUT2D eigenvalue weighted by Crippen LogP contribution is -2.37. The summed E-state index contributed by atoms with van der Waals surface area (Å²) in [5, 5.41) is 9.25. The highest BCUT2D eigenvalue weighted by molar-refractivity contribution is 9.10. The summed E-state index contributed by atoms with van der Waals surface area (Å²) in [7, 11) is 0. The molecule has 0 radical (unpaired) electrons. The van der Waals surface area contributed by atoms with Crippen molar-refractivity contribution in [2.45, 2.75) is 53.2 Å². The first kappa shape index (κ1) is 16.5. The maximum atomic E-state index is 9.25. The topological polar surface area (TPSA) is 23.5 Å². The van der Waals surface area contributed by atoms with Gasteiger partial charge in [-0.2, -0.15) is 0 Å². The summed E-state index contributed by atoms with van der Waals surface area (Å²) in [6.45, 7) is 10.2. The van der Waals surface area contributed by atoms with Gasteiger partial charge in [0.15, 0.2) is 0 Å². The van der Waals surface area contributed by atoms with Gasteiger partial charge >= 0.3 is 0 Å². The van der Waals surface area contributed by atoms with E-state index >= 15 is 0 Å². The molecule has 0 saturated carbocycles. The van der Waals surface area contributed by atoms with E-state index in [-0.39, 0.29) is 6.61 Å². The van der Waals surface area contributed by atoms with E-state index in [4.69, 9.17) is 0 Å². The van der Waals surface area contributed by atoms with Crippen LogP contribution in [0.2, 0.25) is 0 Å². The number of halogens is 1. The molecule has 2 nitrogen and oxygen atoms in total. The first-order valence-electron chi connectivity index (χ1n) is 7.19. The van der Waals surface area contributed by atoms with Crippen LogP contribution in [0.4, 0.5) is 5.69 Å². The van der Waals surface area contributed by atoms with Gasteiger partial charge < -0.3 is 10.0 Å². The molecule has 1 rings (SSSR count). The Balaban J connectivity index is 3.05. The summed E-state index contributed by atoms with van der Waals surface area (Å²) < 4.78 is 0.993. The van der Waals surface area contributed by atoms with Crippen molar-refractivity contribution in [1.29, 1.82) is 0 Å². The van der Waals surface area contributed by atoms with Crippen molar-refractivity contribution in [2.75, 3.05) is 11.4 Å². The molecule has 0 saturated heterocycles. The fourth-order valence-electron chi connectivity index (χ4n) is 2.43. The normalized spacial score (nSPS) is 11.4. The molecule has 0 fully saturated rings. The second kappa shape index (κ2) is 7.91. The Bertz CT molecular complexity index is 388. The third-order valence-corrected chi connectivity index (χ3v) is 4.22. The van der Waals surface area contributed by atoms with Gasteiger partial charge in [-0.15, -0.1) is 0 Å². The minimum absolute atomic E-state index is 0.0794. The van der Waals surface area contributed by atoms with Gasteiger partial charge in [0.05, 0.1) is 6.61 Å². The number of rotatable bonds is 7. The van der Waals surface area contributed by atoms with Crippen molar-refractivity contribution in [2.24, 2.45) is 5.92 Å². The number of nitrogens with zero attached hydrogens (tertiary/aromatic N) is 1. The Kier molecular flexibility index (Phi) is 6.87. The molecule has 0 atom stereocenters. The van der Waals surface area contributed by atoms with Crippen LogP contribution in [-0.2, 0) is 6.61 Å². The zero-order valence-corrected chi connectivity index (χ0v) is 14.1. The largest absolute Gasteiger partial charge is 0.392 e. The second-order valence-corrected chi connectivity index (χ2v) is 6.30. The van der Waals surface area contributed by atoms with Crippen LogP contribution >= 0.6 is 15.9 Å². The van der Waals surface area contributed by atoms with Gasteiger partial charge in [-0.05, 0) is 36.5 Å². The van der Waals surface area contributed by atoms with Crippen molar-refractivity contribution < 1.29 is 5.11 Å². The third-order valence-electron chi connectivity index (χ3n) is 3.48. The number of hydrogen-bond acceptors (Lipinski definition) is 2. The van der Waals surface area contributed by atoms with Crippen LogP contribution in [0, 0.1) is 5.92 Å². The zero-order valence-electron chi connectivity index (χ0n) is 12.5. The average Bonchev–Trinajstić information content (AvgIpc) is 2.38. The first-order valence-corrected chi connectivity index (χ1v) is 7.98. The second-order valence-electron chi connectivity index (χ2n) is 5.45. The van der Waals surface area contributed by atoms with Crippen LogP contribution in [0.5, 0.6) is 0 Å². The SMILES string of the molecule is CCC(CC)N(CC(C)C)c1ccc(CO)c(Br)c1. The van der Waals surface area contributed by atoms with Crippen LogP contribution in [0.15, 0.2) is 22.7 Å². The number of anilines is 1. The van der Waals surface area contributed by atoms with Crippen LogP contribution in [-0.4, -0.2) is 17.7 Å². The van der Waals surface area contributed by atoms with Crippen molar-refractivity contribution in [3.63, 3.8) is 0 Å². The fraction of sp³-hybridized carbons (Fsp3) is 0.625. The molecule has 1 N–H and O–H groups in total. The molecule has 108 valence electrons. The lowest BCUT2D eigenvalue weighted by atomic mass is 10.1. The standard InChI is InChI=1S/C16H26BrNO/c1-5-14(6-2)18(10-12(3)4)15-8-7-13(11-19)16(17)9-15/h7-9,12,14,19H,5-6,10-11H2,1-4H3. The van der Waals surface area contributed by atoms with Crippen LogP contribution in [0.25, 0.3) is 0 Å². The van der Waals surface area contributed by atoms with Gasteiger partial charge in [0.1, 0.15) is 0 Å². The fourth-order valence-corrected chi connectivity index (χ4v) is 2.92. The van der Waals surface area contributed by atoms with Crippen LogP contribution in [0.1, 0.15) is 46.1 Å². The summed E-state index contributed by atoms with van der Waals surface area (Å²) in [5.74, 6) is 0.636. The quantitative estimate of drug-likeness (QED) is 0.791. The Morgan fingerprint density at radius 3 is 2.26 bits per heavy atom. The summed E-state index contributed by atoms with van der Waals surface area (Å²) in [5.41, 5.74) is 2.18. The number of benzene rings is 1. The molecule has 0 bridgehead atoms. The van der Waals surface area contributed by atoms with Gasteiger partial charge in [0.2, 0.25) is 0 Å². The summed E-state index contributed by atoms with van der Waals surface area (Å²) in [6, 6.07) is 6.84. The van der Waals surface area contributed by atoms with Crippen molar-refractivity contribution >= 4 is 21.6 Å². The van der Waals surface area contributed by atoms with E-state index in [1.54, 1.807) is 0 Å².